The van der Waals surface area contributed by atoms with Gasteiger partial charge in [0.25, 0.3) is 0 Å². The third-order valence-electron chi connectivity index (χ3n) is 2.99. The van der Waals surface area contributed by atoms with Crippen LogP contribution in [0.25, 0.3) is 0 Å². The van der Waals surface area contributed by atoms with Gasteiger partial charge in [-0.2, -0.15) is 0 Å². The molecule has 1 rings (SSSR count). The molecule has 0 aliphatic rings. The maximum atomic E-state index is 11.9. The zero-order chi connectivity index (χ0) is 16.2. The summed E-state index contributed by atoms with van der Waals surface area (Å²) in [6, 6.07) is 3.81. The Bertz CT molecular complexity index is 655. The van der Waals surface area contributed by atoms with Crippen molar-refractivity contribution in [2.75, 3.05) is 17.3 Å². The first-order valence-corrected chi connectivity index (χ1v) is 8.31. The molecule has 5 N–H and O–H groups in total. The topological polar surface area (TPSA) is 132 Å². The number of primary amides is 1. The van der Waals surface area contributed by atoms with Gasteiger partial charge in [-0.3, -0.25) is 9.59 Å². The summed E-state index contributed by atoms with van der Waals surface area (Å²) in [5.74, 6) is -1.27. The molecule has 0 radical (unpaired) electrons. The highest BCUT2D eigenvalue weighted by Crippen LogP contribution is 2.18. The molecule has 1 aromatic rings. The highest BCUT2D eigenvalue weighted by Gasteiger charge is 2.17. The van der Waals surface area contributed by atoms with E-state index in [1.165, 1.54) is 0 Å². The highest BCUT2D eigenvalue weighted by molar-refractivity contribution is 7.90. The number of hydrogen-bond donors (Lipinski definition) is 3. The number of rotatable bonds is 6. The van der Waals surface area contributed by atoms with Gasteiger partial charge in [0.2, 0.25) is 11.8 Å². The Morgan fingerprint density at radius 1 is 1.33 bits per heavy atom. The Hall–Kier alpha value is -1.93. The van der Waals surface area contributed by atoms with Crippen LogP contribution < -0.4 is 16.8 Å². The van der Waals surface area contributed by atoms with Gasteiger partial charge in [0.1, 0.15) is 9.84 Å². The van der Waals surface area contributed by atoms with Gasteiger partial charge >= 0.3 is 0 Å². The molecule has 7 nitrogen and oxygen atoms in total. The van der Waals surface area contributed by atoms with Gasteiger partial charge in [-0.25, -0.2) is 8.42 Å². The molecule has 2 amide bonds. The molecule has 0 aliphatic heterocycles. The van der Waals surface area contributed by atoms with Crippen LogP contribution in [0.3, 0.4) is 0 Å². The fraction of sp³-hybridized carbons (Fsp3) is 0.385. The van der Waals surface area contributed by atoms with Gasteiger partial charge in [0.15, 0.2) is 0 Å². The lowest BCUT2D eigenvalue weighted by Gasteiger charge is -2.14. The molecule has 0 fully saturated rings. The molecule has 0 aromatic heterocycles. The summed E-state index contributed by atoms with van der Waals surface area (Å²) in [5, 5.41) is 2.57. The molecule has 0 saturated carbocycles. The minimum absolute atomic E-state index is 0.0270. The number of anilines is 1. The molecule has 1 unspecified atom stereocenters. The molecule has 0 bridgehead atoms. The molecule has 1 atom stereocenters. The Morgan fingerprint density at radius 2 is 1.95 bits per heavy atom. The lowest BCUT2D eigenvalue weighted by atomic mass is 10.1. The first-order valence-electron chi connectivity index (χ1n) is 6.25. The van der Waals surface area contributed by atoms with Crippen molar-refractivity contribution in [3.8, 4) is 0 Å². The molecule has 0 heterocycles. The minimum Gasteiger partial charge on any atom is -0.366 e. The van der Waals surface area contributed by atoms with Crippen LogP contribution in [0.5, 0.6) is 0 Å². The van der Waals surface area contributed by atoms with Crippen LogP contribution in [0.1, 0.15) is 22.3 Å². The van der Waals surface area contributed by atoms with E-state index in [1.807, 2.05) is 0 Å². The summed E-state index contributed by atoms with van der Waals surface area (Å²) in [4.78, 5) is 23.1. The fourth-order valence-electron chi connectivity index (χ4n) is 1.74. The summed E-state index contributed by atoms with van der Waals surface area (Å²) >= 11 is 0. The lowest BCUT2D eigenvalue weighted by molar-refractivity contribution is -0.117. The van der Waals surface area contributed by atoms with E-state index in [0.29, 0.717) is 16.8 Å². The van der Waals surface area contributed by atoms with Gasteiger partial charge in [-0.05, 0) is 31.0 Å². The van der Waals surface area contributed by atoms with Crippen molar-refractivity contribution in [2.24, 2.45) is 11.5 Å². The molecular weight excluding hydrogens is 294 g/mol. The highest BCUT2D eigenvalue weighted by atomic mass is 32.2. The second-order valence-electron chi connectivity index (χ2n) is 4.86. The third kappa shape index (κ3) is 5.16. The van der Waals surface area contributed by atoms with Gasteiger partial charge in [0, 0.05) is 17.5 Å². The number of sulfone groups is 1. The van der Waals surface area contributed by atoms with E-state index in [0.717, 1.165) is 6.26 Å². The maximum Gasteiger partial charge on any atom is 0.249 e. The number of nitrogens with two attached hydrogens (primary N) is 2. The van der Waals surface area contributed by atoms with Crippen LogP contribution in [0.15, 0.2) is 18.2 Å². The largest absolute Gasteiger partial charge is 0.366 e. The van der Waals surface area contributed by atoms with Gasteiger partial charge < -0.3 is 16.8 Å². The van der Waals surface area contributed by atoms with E-state index >= 15 is 0 Å². The number of nitrogens with one attached hydrogen (secondary N) is 1. The monoisotopic (exact) mass is 313 g/mol. The smallest absolute Gasteiger partial charge is 0.249 e. The van der Waals surface area contributed by atoms with Crippen LogP contribution in [0.2, 0.25) is 0 Å². The predicted molar refractivity (Wildman–Crippen MR) is 80.6 cm³/mol. The van der Waals surface area contributed by atoms with Crippen molar-refractivity contribution in [1.29, 1.82) is 0 Å². The molecule has 1 aromatic carbocycles. The Balaban J connectivity index is 2.79. The normalized spacial score (nSPS) is 12.7. The first kappa shape index (κ1) is 17.1. The third-order valence-corrected chi connectivity index (χ3v) is 3.97. The summed E-state index contributed by atoms with van der Waals surface area (Å²) in [7, 11) is -3.17. The Morgan fingerprint density at radius 3 is 2.48 bits per heavy atom. The minimum atomic E-state index is -3.17. The first-order chi connectivity index (χ1) is 9.61. The van der Waals surface area contributed by atoms with E-state index in [-0.39, 0.29) is 12.2 Å². The molecule has 21 heavy (non-hydrogen) atoms. The number of benzene rings is 1. The molecule has 116 valence electrons. The van der Waals surface area contributed by atoms with Crippen molar-refractivity contribution in [1.82, 2.24) is 0 Å². The zero-order valence-corrected chi connectivity index (χ0v) is 12.7. The van der Waals surface area contributed by atoms with Crippen molar-refractivity contribution in [2.45, 2.75) is 19.4 Å². The Labute approximate surface area is 123 Å². The van der Waals surface area contributed by atoms with E-state index in [9.17, 15) is 18.0 Å². The molecule has 0 spiro atoms. The molecule has 0 aliphatic carbocycles. The van der Waals surface area contributed by atoms with E-state index in [4.69, 9.17) is 11.5 Å². The molecule has 0 saturated heterocycles. The summed E-state index contributed by atoms with van der Waals surface area (Å²) < 4.78 is 22.1. The SMILES string of the molecule is Cc1c(NC(=O)C(N)CCS(C)(=O)=O)cccc1C(N)=O. The maximum absolute atomic E-state index is 11.9. The standard InChI is InChI=1S/C13H19N3O4S/c1-8-9(12(15)17)4-3-5-11(8)16-13(18)10(14)6-7-21(2,19)20/h3-5,10H,6-7,14H2,1-2H3,(H2,15,17)(H,16,18). The average molecular weight is 313 g/mol. The second kappa shape index (κ2) is 6.68. The van der Waals surface area contributed by atoms with Crippen molar-refractivity contribution in [3.05, 3.63) is 29.3 Å². The number of hydrogen-bond acceptors (Lipinski definition) is 5. The molecular formula is C13H19N3O4S. The van der Waals surface area contributed by atoms with E-state index < -0.39 is 27.7 Å². The number of carbonyl (C=O) groups excluding carboxylic acids is 2. The second-order valence-corrected chi connectivity index (χ2v) is 7.12. The number of amides is 2. The summed E-state index contributed by atoms with van der Waals surface area (Å²) in [5.41, 5.74) is 12.1. The van der Waals surface area contributed by atoms with Crippen LogP contribution in [0.4, 0.5) is 5.69 Å². The summed E-state index contributed by atoms with van der Waals surface area (Å²) in [6.07, 6.45) is 1.11. The van der Waals surface area contributed by atoms with Crippen LogP contribution in [-0.2, 0) is 14.6 Å². The summed E-state index contributed by atoms with van der Waals surface area (Å²) in [6.45, 7) is 1.65. The van der Waals surface area contributed by atoms with E-state index in [1.54, 1.807) is 25.1 Å². The van der Waals surface area contributed by atoms with Gasteiger partial charge in [0.05, 0.1) is 11.8 Å². The molecule has 8 heteroatoms. The lowest BCUT2D eigenvalue weighted by Crippen LogP contribution is -2.37. The number of carbonyl (C=O) groups is 2. The van der Waals surface area contributed by atoms with E-state index in [2.05, 4.69) is 5.32 Å². The fourth-order valence-corrected chi connectivity index (χ4v) is 2.42. The van der Waals surface area contributed by atoms with Gasteiger partial charge in [-0.1, -0.05) is 6.07 Å². The van der Waals surface area contributed by atoms with Crippen LogP contribution >= 0.6 is 0 Å². The van der Waals surface area contributed by atoms with Crippen molar-refractivity contribution < 1.29 is 18.0 Å². The quantitative estimate of drug-likeness (QED) is 0.668. The average Bonchev–Trinajstić information content (AvgIpc) is 2.37. The zero-order valence-electron chi connectivity index (χ0n) is 11.9. The van der Waals surface area contributed by atoms with Crippen LogP contribution in [-0.4, -0.2) is 38.3 Å². The Kier molecular flexibility index (Phi) is 5.45. The predicted octanol–water partition coefficient (Wildman–Crippen LogP) is -0.206. The van der Waals surface area contributed by atoms with Crippen molar-refractivity contribution in [3.63, 3.8) is 0 Å². The van der Waals surface area contributed by atoms with Gasteiger partial charge in [-0.15, -0.1) is 0 Å². The van der Waals surface area contributed by atoms with Crippen molar-refractivity contribution >= 4 is 27.3 Å². The van der Waals surface area contributed by atoms with Crippen LogP contribution in [0, 0.1) is 6.92 Å².